The van der Waals surface area contributed by atoms with Crippen LogP contribution in [-0.4, -0.2) is 25.2 Å². The summed E-state index contributed by atoms with van der Waals surface area (Å²) in [5, 5.41) is 2.59. The van der Waals surface area contributed by atoms with E-state index in [0.29, 0.717) is 18.7 Å². The van der Waals surface area contributed by atoms with Gasteiger partial charge in [-0.25, -0.2) is 12.8 Å². The van der Waals surface area contributed by atoms with Gasteiger partial charge in [0, 0.05) is 23.2 Å². The maximum Gasteiger partial charge on any atom is 0.258 e. The Labute approximate surface area is 182 Å². The minimum Gasteiger partial charge on any atom is -0.322 e. The van der Waals surface area contributed by atoms with Gasteiger partial charge in [-0.3, -0.25) is 4.79 Å². The van der Waals surface area contributed by atoms with Gasteiger partial charge < -0.3 is 5.32 Å². The summed E-state index contributed by atoms with van der Waals surface area (Å²) in [4.78, 5) is 12.5. The molecule has 1 N–H and O–H groups in total. The van der Waals surface area contributed by atoms with E-state index in [2.05, 4.69) is 21.2 Å². The summed E-state index contributed by atoms with van der Waals surface area (Å²) in [5.74, 6) is -1.50. The quantitative estimate of drug-likeness (QED) is 0.583. The highest BCUT2D eigenvalue weighted by Crippen LogP contribution is 2.26. The molecule has 154 valence electrons. The molecule has 0 saturated heterocycles. The summed E-state index contributed by atoms with van der Waals surface area (Å²) in [5.41, 5.74) is 2.22. The molecule has 0 aliphatic carbocycles. The minimum absolute atomic E-state index is 0.107. The van der Waals surface area contributed by atoms with E-state index in [9.17, 15) is 17.6 Å². The third-order valence-corrected chi connectivity index (χ3v) is 7.39. The van der Waals surface area contributed by atoms with E-state index in [-0.39, 0.29) is 17.0 Å². The van der Waals surface area contributed by atoms with Crippen molar-refractivity contribution in [3.8, 4) is 0 Å². The second-order valence-corrected chi connectivity index (χ2v) is 9.81. The molecule has 0 fully saturated rings. The van der Waals surface area contributed by atoms with Crippen molar-refractivity contribution in [1.82, 2.24) is 4.31 Å². The van der Waals surface area contributed by atoms with Gasteiger partial charge in [0.15, 0.2) is 0 Å². The number of hydrogen-bond donors (Lipinski definition) is 1. The van der Waals surface area contributed by atoms with Gasteiger partial charge in [-0.05, 0) is 60.0 Å². The van der Waals surface area contributed by atoms with Gasteiger partial charge in [0.2, 0.25) is 10.0 Å². The summed E-state index contributed by atoms with van der Waals surface area (Å²) in [7, 11) is -3.88. The Morgan fingerprint density at radius 3 is 2.43 bits per heavy atom. The number of halogens is 2. The van der Waals surface area contributed by atoms with E-state index < -0.39 is 21.7 Å². The van der Waals surface area contributed by atoms with Gasteiger partial charge in [-0.2, -0.15) is 4.31 Å². The molecular weight excluding hydrogens is 471 g/mol. The molecule has 0 atom stereocenters. The average Bonchev–Trinajstić information content (AvgIpc) is 2.75. The van der Waals surface area contributed by atoms with Crippen LogP contribution in [0.1, 0.15) is 21.5 Å². The Morgan fingerprint density at radius 2 is 1.70 bits per heavy atom. The average molecular weight is 489 g/mol. The zero-order valence-electron chi connectivity index (χ0n) is 15.8. The second kappa shape index (κ2) is 8.29. The number of nitrogens with zero attached hydrogens (tertiary/aromatic N) is 1. The van der Waals surface area contributed by atoms with Crippen molar-refractivity contribution in [1.29, 1.82) is 0 Å². The van der Waals surface area contributed by atoms with Crippen LogP contribution in [0, 0.1) is 5.82 Å². The zero-order valence-corrected chi connectivity index (χ0v) is 18.2. The fraction of sp³-hybridized carbons (Fsp3) is 0.136. The Kier molecular flexibility index (Phi) is 5.73. The maximum absolute atomic E-state index is 14.3. The molecule has 0 bridgehead atoms. The lowest BCUT2D eigenvalue weighted by atomic mass is 10.0. The van der Waals surface area contributed by atoms with Crippen molar-refractivity contribution in [2.24, 2.45) is 0 Å². The Balaban J connectivity index is 1.60. The number of rotatable bonds is 4. The third kappa shape index (κ3) is 4.16. The molecule has 0 spiro atoms. The minimum atomic E-state index is -3.88. The van der Waals surface area contributed by atoms with Gasteiger partial charge >= 0.3 is 0 Å². The predicted octanol–water partition coefficient (Wildman–Crippen LogP) is 4.59. The standard InChI is InChI=1S/C22H18BrFN2O3S/c23-17-5-7-18(8-6-17)25-22(27)20-13-19(9-10-21(20)24)30(28,29)26-12-11-15-3-1-2-4-16(15)14-26/h1-10,13H,11-12,14H2,(H,25,27). The molecular formula is C22H18BrFN2O3S. The number of fused-ring (bicyclic) bond motifs is 1. The zero-order chi connectivity index (χ0) is 21.3. The molecule has 1 aliphatic heterocycles. The Hall–Kier alpha value is -2.55. The van der Waals surface area contributed by atoms with Crippen molar-refractivity contribution in [3.05, 3.63) is 93.7 Å². The first-order chi connectivity index (χ1) is 14.3. The Bertz CT molecular complexity index is 1210. The van der Waals surface area contributed by atoms with Gasteiger partial charge in [-0.1, -0.05) is 40.2 Å². The molecule has 3 aromatic carbocycles. The topological polar surface area (TPSA) is 66.5 Å². The van der Waals surface area contributed by atoms with Crippen LogP contribution in [0.3, 0.4) is 0 Å². The smallest absolute Gasteiger partial charge is 0.258 e. The second-order valence-electron chi connectivity index (χ2n) is 6.96. The van der Waals surface area contributed by atoms with Crippen LogP contribution in [0.5, 0.6) is 0 Å². The Morgan fingerprint density at radius 1 is 1.00 bits per heavy atom. The van der Waals surface area contributed by atoms with Crippen molar-refractivity contribution < 1.29 is 17.6 Å². The highest BCUT2D eigenvalue weighted by atomic mass is 79.9. The number of sulfonamides is 1. The lowest BCUT2D eigenvalue weighted by Crippen LogP contribution is -2.36. The molecule has 1 amide bonds. The molecule has 0 radical (unpaired) electrons. The number of amides is 1. The van der Waals surface area contributed by atoms with Crippen LogP contribution in [0.15, 0.2) is 76.1 Å². The van der Waals surface area contributed by atoms with E-state index in [1.54, 1.807) is 24.3 Å². The molecule has 0 saturated carbocycles. The van der Waals surface area contributed by atoms with Crippen LogP contribution < -0.4 is 5.32 Å². The number of benzene rings is 3. The first kappa shape index (κ1) is 20.7. The van der Waals surface area contributed by atoms with Crippen LogP contribution in [0.25, 0.3) is 0 Å². The van der Waals surface area contributed by atoms with Crippen molar-refractivity contribution in [2.45, 2.75) is 17.9 Å². The van der Waals surface area contributed by atoms with Crippen LogP contribution in [0.4, 0.5) is 10.1 Å². The summed E-state index contributed by atoms with van der Waals surface area (Å²) >= 11 is 3.30. The highest BCUT2D eigenvalue weighted by molar-refractivity contribution is 9.10. The molecule has 1 heterocycles. The normalized spacial score (nSPS) is 14.2. The predicted molar refractivity (Wildman–Crippen MR) is 116 cm³/mol. The summed E-state index contributed by atoms with van der Waals surface area (Å²) in [6, 6.07) is 17.8. The fourth-order valence-corrected chi connectivity index (χ4v) is 5.10. The van der Waals surface area contributed by atoms with Crippen LogP contribution in [0.2, 0.25) is 0 Å². The van der Waals surface area contributed by atoms with E-state index >= 15 is 0 Å². The maximum atomic E-state index is 14.3. The fourth-order valence-electron chi connectivity index (χ4n) is 3.39. The largest absolute Gasteiger partial charge is 0.322 e. The number of anilines is 1. The molecule has 5 nitrogen and oxygen atoms in total. The lowest BCUT2D eigenvalue weighted by molar-refractivity contribution is 0.102. The molecule has 3 aromatic rings. The third-order valence-electron chi connectivity index (χ3n) is 5.02. The molecule has 30 heavy (non-hydrogen) atoms. The van der Waals surface area contributed by atoms with E-state index in [1.165, 1.54) is 10.4 Å². The number of carbonyl (C=O) groups is 1. The molecule has 8 heteroatoms. The molecule has 4 rings (SSSR count). The van der Waals surface area contributed by atoms with E-state index in [1.807, 2.05) is 24.3 Å². The molecule has 0 aromatic heterocycles. The van der Waals surface area contributed by atoms with Gasteiger partial charge in [0.05, 0.1) is 10.5 Å². The van der Waals surface area contributed by atoms with Crippen molar-refractivity contribution in [2.75, 3.05) is 11.9 Å². The first-order valence-corrected chi connectivity index (χ1v) is 11.5. The molecule has 1 aliphatic rings. The van der Waals surface area contributed by atoms with E-state index in [4.69, 9.17) is 0 Å². The summed E-state index contributed by atoms with van der Waals surface area (Å²) < 4.78 is 42.8. The summed E-state index contributed by atoms with van der Waals surface area (Å²) in [6.45, 7) is 0.577. The monoisotopic (exact) mass is 488 g/mol. The first-order valence-electron chi connectivity index (χ1n) is 9.28. The lowest BCUT2D eigenvalue weighted by Gasteiger charge is -2.28. The van der Waals surface area contributed by atoms with Gasteiger partial charge in [0.1, 0.15) is 5.82 Å². The highest BCUT2D eigenvalue weighted by Gasteiger charge is 2.29. The molecule has 0 unspecified atom stereocenters. The SMILES string of the molecule is O=C(Nc1ccc(Br)cc1)c1cc(S(=O)(=O)N2CCc3ccccc3C2)ccc1F. The van der Waals surface area contributed by atoms with Crippen LogP contribution >= 0.6 is 15.9 Å². The van der Waals surface area contributed by atoms with Gasteiger partial charge in [0.25, 0.3) is 5.91 Å². The summed E-state index contributed by atoms with van der Waals surface area (Å²) in [6.07, 6.45) is 0.605. The van der Waals surface area contributed by atoms with E-state index in [0.717, 1.165) is 27.7 Å². The van der Waals surface area contributed by atoms with Gasteiger partial charge in [-0.15, -0.1) is 0 Å². The van der Waals surface area contributed by atoms with Crippen molar-refractivity contribution in [3.63, 3.8) is 0 Å². The number of carbonyl (C=O) groups excluding carboxylic acids is 1. The van der Waals surface area contributed by atoms with Crippen LogP contribution in [-0.2, 0) is 23.0 Å². The number of nitrogens with one attached hydrogen (secondary N) is 1. The number of hydrogen-bond acceptors (Lipinski definition) is 3. The van der Waals surface area contributed by atoms with Crippen molar-refractivity contribution >= 4 is 37.5 Å².